The Kier molecular flexibility index (Phi) is 2.93. The van der Waals surface area contributed by atoms with E-state index in [9.17, 15) is 0 Å². The van der Waals surface area contributed by atoms with Crippen LogP contribution in [0.3, 0.4) is 0 Å². The summed E-state index contributed by atoms with van der Waals surface area (Å²) in [5, 5.41) is 8.98. The van der Waals surface area contributed by atoms with Gasteiger partial charge in [-0.15, -0.1) is 0 Å². The highest BCUT2D eigenvalue weighted by molar-refractivity contribution is 5.75. The van der Waals surface area contributed by atoms with Gasteiger partial charge < -0.3 is 9.72 Å². The van der Waals surface area contributed by atoms with Crippen LogP contribution in [-0.4, -0.2) is 11.6 Å². The molecule has 16 heavy (non-hydrogen) atoms. The lowest BCUT2D eigenvalue weighted by Crippen LogP contribution is -1.93. The van der Waals surface area contributed by atoms with Gasteiger partial charge in [0.15, 0.2) is 0 Å². The van der Waals surface area contributed by atoms with Gasteiger partial charge in [0.2, 0.25) is 0 Å². The van der Waals surface area contributed by atoms with E-state index in [0.717, 1.165) is 16.9 Å². The average Bonchev–Trinajstić information content (AvgIpc) is 2.78. The van der Waals surface area contributed by atoms with Crippen LogP contribution in [0.1, 0.15) is 12.5 Å². The molecule has 0 saturated heterocycles. The number of benzene rings is 1. The summed E-state index contributed by atoms with van der Waals surface area (Å²) in [6.45, 7) is 2.56. The Morgan fingerprint density at radius 3 is 2.81 bits per heavy atom. The summed E-state index contributed by atoms with van der Waals surface area (Å²) in [5.41, 5.74) is 2.46. The first-order chi connectivity index (χ1) is 7.86. The Morgan fingerprint density at radius 2 is 2.06 bits per heavy atom. The maximum absolute atomic E-state index is 8.98. The summed E-state index contributed by atoms with van der Waals surface area (Å²) in [6.07, 6.45) is 3.51. The zero-order valence-corrected chi connectivity index (χ0v) is 9.03. The van der Waals surface area contributed by atoms with Crippen LogP contribution >= 0.6 is 0 Å². The molecule has 1 N–H and O–H groups in total. The molecule has 0 amide bonds. The van der Waals surface area contributed by atoms with Crippen LogP contribution in [0, 0.1) is 11.3 Å². The second kappa shape index (κ2) is 4.54. The maximum Gasteiger partial charge on any atom is 0.127 e. The Morgan fingerprint density at radius 1 is 1.25 bits per heavy atom. The van der Waals surface area contributed by atoms with Crippen LogP contribution in [0.5, 0.6) is 5.75 Å². The number of hydrogen-bond donors (Lipinski definition) is 1. The monoisotopic (exact) mass is 212 g/mol. The molecule has 0 fully saturated rings. The number of aromatic amines is 1. The highest BCUT2D eigenvalue weighted by Crippen LogP contribution is 2.31. The Labute approximate surface area is 94.3 Å². The molecule has 2 rings (SSSR count). The van der Waals surface area contributed by atoms with Crippen molar-refractivity contribution in [1.82, 2.24) is 4.98 Å². The molecule has 1 aromatic heterocycles. The SMILES string of the molecule is CCOc1ccccc1-c1c[nH]cc1C#N. The predicted molar refractivity (Wildman–Crippen MR) is 62.1 cm³/mol. The quantitative estimate of drug-likeness (QED) is 0.850. The summed E-state index contributed by atoms with van der Waals surface area (Å²) >= 11 is 0. The zero-order valence-electron chi connectivity index (χ0n) is 9.03. The van der Waals surface area contributed by atoms with Gasteiger partial charge in [-0.05, 0) is 13.0 Å². The predicted octanol–water partition coefficient (Wildman–Crippen LogP) is 2.95. The topological polar surface area (TPSA) is 48.8 Å². The Hall–Kier alpha value is -2.21. The van der Waals surface area contributed by atoms with Crippen molar-refractivity contribution in [3.05, 3.63) is 42.2 Å². The van der Waals surface area contributed by atoms with E-state index in [1.54, 1.807) is 6.20 Å². The Balaban J connectivity index is 2.52. The van der Waals surface area contributed by atoms with Crippen molar-refractivity contribution in [2.24, 2.45) is 0 Å². The molecular weight excluding hydrogens is 200 g/mol. The number of para-hydroxylation sites is 1. The normalized spacial score (nSPS) is 9.75. The van der Waals surface area contributed by atoms with Crippen molar-refractivity contribution in [3.63, 3.8) is 0 Å². The first-order valence-corrected chi connectivity index (χ1v) is 5.16. The Bertz CT molecular complexity index is 523. The minimum Gasteiger partial charge on any atom is -0.493 e. The number of nitrogens with one attached hydrogen (secondary N) is 1. The summed E-state index contributed by atoms with van der Waals surface area (Å²) in [7, 11) is 0. The highest BCUT2D eigenvalue weighted by Gasteiger charge is 2.10. The smallest absolute Gasteiger partial charge is 0.127 e. The van der Waals surface area contributed by atoms with Crippen LogP contribution in [0.25, 0.3) is 11.1 Å². The summed E-state index contributed by atoms with van der Waals surface area (Å²) in [4.78, 5) is 2.94. The number of rotatable bonds is 3. The number of nitriles is 1. The fourth-order valence-electron chi connectivity index (χ4n) is 1.65. The van der Waals surface area contributed by atoms with E-state index < -0.39 is 0 Å². The van der Waals surface area contributed by atoms with Crippen LogP contribution in [0.4, 0.5) is 0 Å². The van der Waals surface area contributed by atoms with Gasteiger partial charge >= 0.3 is 0 Å². The minimum atomic E-state index is 0.614. The molecule has 0 radical (unpaired) electrons. The van der Waals surface area contributed by atoms with Gasteiger partial charge in [-0.25, -0.2) is 0 Å². The van der Waals surface area contributed by atoms with Gasteiger partial charge in [-0.2, -0.15) is 5.26 Å². The molecule has 0 saturated carbocycles. The highest BCUT2D eigenvalue weighted by atomic mass is 16.5. The number of hydrogen-bond acceptors (Lipinski definition) is 2. The number of H-pyrrole nitrogens is 1. The van der Waals surface area contributed by atoms with Crippen LogP contribution in [0.2, 0.25) is 0 Å². The van der Waals surface area contributed by atoms with E-state index >= 15 is 0 Å². The first kappa shape index (κ1) is 10.3. The third kappa shape index (κ3) is 1.78. The number of aromatic nitrogens is 1. The van der Waals surface area contributed by atoms with E-state index in [1.165, 1.54) is 0 Å². The molecule has 80 valence electrons. The van der Waals surface area contributed by atoms with Gasteiger partial charge in [-0.3, -0.25) is 0 Å². The van der Waals surface area contributed by atoms with Crippen molar-refractivity contribution < 1.29 is 4.74 Å². The molecule has 3 nitrogen and oxygen atoms in total. The van der Waals surface area contributed by atoms with Crippen LogP contribution in [0.15, 0.2) is 36.7 Å². The van der Waals surface area contributed by atoms with Crippen molar-refractivity contribution in [2.45, 2.75) is 6.92 Å². The molecule has 0 unspecified atom stereocenters. The van der Waals surface area contributed by atoms with E-state index in [2.05, 4.69) is 11.1 Å². The lowest BCUT2D eigenvalue weighted by Gasteiger charge is -2.08. The summed E-state index contributed by atoms with van der Waals surface area (Å²) in [5.74, 6) is 0.807. The molecule has 3 heteroatoms. The third-order valence-electron chi connectivity index (χ3n) is 2.34. The molecular formula is C13H12N2O. The molecule has 1 heterocycles. The van der Waals surface area contributed by atoms with E-state index in [0.29, 0.717) is 12.2 Å². The van der Waals surface area contributed by atoms with Crippen molar-refractivity contribution in [2.75, 3.05) is 6.61 Å². The third-order valence-corrected chi connectivity index (χ3v) is 2.34. The van der Waals surface area contributed by atoms with Gasteiger partial charge in [0.1, 0.15) is 11.8 Å². The molecule has 2 aromatic rings. The van der Waals surface area contributed by atoms with Crippen LogP contribution < -0.4 is 4.74 Å². The van der Waals surface area contributed by atoms with Crippen molar-refractivity contribution in [1.29, 1.82) is 5.26 Å². The average molecular weight is 212 g/mol. The fraction of sp³-hybridized carbons (Fsp3) is 0.154. The van der Waals surface area contributed by atoms with Gasteiger partial charge in [0, 0.05) is 23.5 Å². The molecule has 0 spiro atoms. The molecule has 0 atom stereocenters. The summed E-state index contributed by atoms with van der Waals surface area (Å²) < 4.78 is 5.54. The lowest BCUT2D eigenvalue weighted by atomic mass is 10.0. The van der Waals surface area contributed by atoms with Crippen LogP contribution in [-0.2, 0) is 0 Å². The molecule has 0 bridgehead atoms. The van der Waals surface area contributed by atoms with Gasteiger partial charge in [0.25, 0.3) is 0 Å². The zero-order chi connectivity index (χ0) is 11.4. The first-order valence-electron chi connectivity index (χ1n) is 5.16. The molecule has 0 aliphatic carbocycles. The standard InChI is InChI=1S/C13H12N2O/c1-2-16-13-6-4-3-5-11(13)12-9-15-8-10(12)7-14/h3-6,8-9,15H,2H2,1H3. The molecule has 0 aliphatic rings. The van der Waals surface area contributed by atoms with Crippen molar-refractivity contribution in [3.8, 4) is 22.9 Å². The molecule has 1 aromatic carbocycles. The second-order valence-corrected chi connectivity index (χ2v) is 3.32. The minimum absolute atomic E-state index is 0.614. The van der Waals surface area contributed by atoms with Gasteiger partial charge in [0.05, 0.1) is 12.2 Å². The number of nitrogens with zero attached hydrogens (tertiary/aromatic N) is 1. The largest absolute Gasteiger partial charge is 0.493 e. The lowest BCUT2D eigenvalue weighted by molar-refractivity contribution is 0.341. The second-order valence-electron chi connectivity index (χ2n) is 3.32. The number of ether oxygens (including phenoxy) is 1. The van der Waals surface area contributed by atoms with E-state index in [1.807, 2.05) is 37.4 Å². The summed E-state index contributed by atoms with van der Waals surface area (Å²) in [6, 6.07) is 9.88. The maximum atomic E-state index is 8.98. The van der Waals surface area contributed by atoms with E-state index in [-0.39, 0.29) is 0 Å². The van der Waals surface area contributed by atoms with Crippen molar-refractivity contribution >= 4 is 0 Å². The van der Waals surface area contributed by atoms with Gasteiger partial charge in [-0.1, -0.05) is 18.2 Å². The fourth-order valence-corrected chi connectivity index (χ4v) is 1.65. The molecule has 0 aliphatic heterocycles. The van der Waals surface area contributed by atoms with E-state index in [4.69, 9.17) is 10.00 Å².